The molecule has 2 rings (SSSR count). The van der Waals surface area contributed by atoms with Crippen molar-refractivity contribution in [3.63, 3.8) is 0 Å². The van der Waals surface area contributed by atoms with Crippen molar-refractivity contribution < 1.29 is 79.6 Å². The second kappa shape index (κ2) is 12.8. The number of benzene rings is 2. The molecule has 0 fully saturated rings. The number of urea groups is 1. The Kier molecular flexibility index (Phi) is 11.2. The van der Waals surface area contributed by atoms with Crippen LogP contribution in [0, 0.1) is 0 Å². The number of rotatable bonds is 9. The fourth-order valence-electron chi connectivity index (χ4n) is 2.41. The second-order valence-electron chi connectivity index (χ2n) is 5.73. The summed E-state index contributed by atoms with van der Waals surface area (Å²) in [4.78, 5) is 23.1. The van der Waals surface area contributed by atoms with Crippen molar-refractivity contribution in [1.29, 1.82) is 0 Å². The van der Waals surface area contributed by atoms with Crippen LogP contribution in [0.25, 0.3) is 0 Å². The quantitative estimate of drug-likeness (QED) is 0.487. The molecule has 0 radical (unpaired) electrons. The summed E-state index contributed by atoms with van der Waals surface area (Å²) in [5.41, 5.74) is 1.57. The Morgan fingerprint density at radius 2 is 1.64 bits per heavy atom. The standard InChI is InChI=1S/C19H20F2N2O4.K/c20-18(21)27-15-8-6-13(7-9-15)10-11-22-19(26)23-16(17(24)25)12-14-4-2-1-3-5-14;/h1-9,16,18H,10-12H2,(H,24,25)(H2,22,23,26);/q;+1/p-1/t16-;/m0./s1. The van der Waals surface area contributed by atoms with Gasteiger partial charge in [-0.15, -0.1) is 0 Å². The summed E-state index contributed by atoms with van der Waals surface area (Å²) in [7, 11) is 0. The summed E-state index contributed by atoms with van der Waals surface area (Å²) in [6.45, 7) is -2.64. The first kappa shape index (κ1) is 24.5. The third-order valence-electron chi connectivity index (χ3n) is 3.72. The zero-order valence-corrected chi connectivity index (χ0v) is 18.5. The van der Waals surface area contributed by atoms with Crippen LogP contribution in [0.5, 0.6) is 5.75 Å². The maximum Gasteiger partial charge on any atom is 1.00 e. The average Bonchev–Trinajstić information content (AvgIpc) is 2.63. The van der Waals surface area contributed by atoms with Gasteiger partial charge in [-0.05, 0) is 36.1 Å². The van der Waals surface area contributed by atoms with Crippen LogP contribution >= 0.6 is 0 Å². The van der Waals surface area contributed by atoms with Gasteiger partial charge in [-0.1, -0.05) is 42.5 Å². The second-order valence-corrected chi connectivity index (χ2v) is 5.73. The molecule has 0 aromatic heterocycles. The van der Waals surface area contributed by atoms with Gasteiger partial charge in [-0.2, -0.15) is 8.78 Å². The van der Waals surface area contributed by atoms with Crippen molar-refractivity contribution in [2.45, 2.75) is 25.5 Å². The molecular weight excluding hydrogens is 397 g/mol. The zero-order chi connectivity index (χ0) is 19.6. The van der Waals surface area contributed by atoms with Crippen LogP contribution in [0.2, 0.25) is 0 Å². The third kappa shape index (κ3) is 9.11. The van der Waals surface area contributed by atoms with Crippen molar-refractivity contribution in [2.75, 3.05) is 6.54 Å². The molecule has 2 amide bonds. The Hall–Kier alpha value is -1.52. The van der Waals surface area contributed by atoms with Gasteiger partial charge < -0.3 is 25.3 Å². The summed E-state index contributed by atoms with van der Waals surface area (Å²) in [6, 6.07) is 13.1. The van der Waals surface area contributed by atoms with E-state index in [9.17, 15) is 23.5 Å². The minimum Gasteiger partial charge on any atom is -0.548 e. The van der Waals surface area contributed by atoms with Gasteiger partial charge in [-0.3, -0.25) is 0 Å². The van der Waals surface area contributed by atoms with E-state index in [4.69, 9.17) is 0 Å². The molecule has 0 saturated carbocycles. The van der Waals surface area contributed by atoms with Crippen LogP contribution in [0.1, 0.15) is 11.1 Å². The Labute approximate surface area is 204 Å². The minimum absolute atomic E-state index is 0. The molecule has 0 unspecified atom stereocenters. The molecule has 2 aromatic rings. The van der Waals surface area contributed by atoms with Gasteiger partial charge in [0.2, 0.25) is 0 Å². The first-order chi connectivity index (χ1) is 12.9. The molecule has 2 N–H and O–H groups in total. The van der Waals surface area contributed by atoms with E-state index < -0.39 is 24.7 Å². The van der Waals surface area contributed by atoms with Crippen molar-refractivity contribution in [3.05, 3.63) is 65.7 Å². The molecule has 0 aliphatic heterocycles. The van der Waals surface area contributed by atoms with E-state index in [2.05, 4.69) is 15.4 Å². The number of halogens is 2. The summed E-state index contributed by atoms with van der Waals surface area (Å²) in [6.07, 6.45) is 0.555. The van der Waals surface area contributed by atoms with E-state index in [0.717, 1.165) is 11.1 Å². The monoisotopic (exact) mass is 416 g/mol. The summed E-state index contributed by atoms with van der Waals surface area (Å²) < 4.78 is 28.4. The smallest absolute Gasteiger partial charge is 0.548 e. The summed E-state index contributed by atoms with van der Waals surface area (Å²) in [5.74, 6) is -1.32. The van der Waals surface area contributed by atoms with E-state index in [-0.39, 0.29) is 70.1 Å². The largest absolute Gasteiger partial charge is 1.00 e. The van der Waals surface area contributed by atoms with Crippen molar-refractivity contribution in [1.82, 2.24) is 10.6 Å². The first-order valence-electron chi connectivity index (χ1n) is 8.27. The van der Waals surface area contributed by atoms with Gasteiger partial charge in [0.05, 0.1) is 12.0 Å². The fourth-order valence-corrected chi connectivity index (χ4v) is 2.41. The van der Waals surface area contributed by atoms with E-state index in [1.165, 1.54) is 12.1 Å². The molecule has 1 atom stereocenters. The number of carboxylic acids is 1. The van der Waals surface area contributed by atoms with Crippen LogP contribution < -0.4 is 71.9 Å². The van der Waals surface area contributed by atoms with Crippen LogP contribution in [-0.4, -0.2) is 31.2 Å². The van der Waals surface area contributed by atoms with Crippen LogP contribution in [0.3, 0.4) is 0 Å². The van der Waals surface area contributed by atoms with Gasteiger partial charge in [0.1, 0.15) is 5.75 Å². The van der Waals surface area contributed by atoms with Crippen LogP contribution in [-0.2, 0) is 17.6 Å². The molecule has 28 heavy (non-hydrogen) atoms. The Morgan fingerprint density at radius 3 is 2.21 bits per heavy atom. The van der Waals surface area contributed by atoms with Crippen molar-refractivity contribution >= 4 is 12.0 Å². The number of ether oxygens (including phenoxy) is 1. The number of aliphatic carboxylic acids is 1. The average molecular weight is 416 g/mol. The number of hydrogen-bond acceptors (Lipinski definition) is 4. The van der Waals surface area contributed by atoms with Gasteiger partial charge in [0, 0.05) is 6.54 Å². The maximum absolute atomic E-state index is 12.1. The molecule has 0 bridgehead atoms. The molecule has 2 aromatic carbocycles. The molecule has 0 aliphatic carbocycles. The topological polar surface area (TPSA) is 90.5 Å². The molecule has 0 heterocycles. The van der Waals surface area contributed by atoms with Gasteiger partial charge >= 0.3 is 64.0 Å². The number of hydrogen-bond donors (Lipinski definition) is 2. The Morgan fingerprint density at radius 1 is 1.00 bits per heavy atom. The number of carbonyl (C=O) groups is 2. The number of amides is 2. The normalized spacial score (nSPS) is 11.2. The van der Waals surface area contributed by atoms with Gasteiger partial charge in [-0.25, -0.2) is 4.79 Å². The predicted octanol–water partition coefficient (Wildman–Crippen LogP) is -1.51. The summed E-state index contributed by atoms with van der Waals surface area (Å²) in [5, 5.41) is 16.1. The number of carboxylic acid groups (broad SMARTS) is 1. The summed E-state index contributed by atoms with van der Waals surface area (Å²) >= 11 is 0. The molecule has 6 nitrogen and oxygen atoms in total. The molecule has 0 aliphatic rings. The molecule has 9 heteroatoms. The first-order valence-corrected chi connectivity index (χ1v) is 8.27. The van der Waals surface area contributed by atoms with Crippen molar-refractivity contribution in [3.8, 4) is 5.75 Å². The SMILES string of the molecule is O=C(NCCc1ccc(OC(F)F)cc1)N[C@@H](Cc1ccccc1)C(=O)[O-].[K+]. The van der Waals surface area contributed by atoms with Crippen LogP contribution in [0.4, 0.5) is 13.6 Å². The van der Waals surface area contributed by atoms with Gasteiger partial charge in [0.25, 0.3) is 0 Å². The number of carbonyl (C=O) groups excluding carboxylic acids is 2. The minimum atomic E-state index is -2.88. The molecule has 0 saturated heterocycles. The maximum atomic E-state index is 12.1. The molecule has 144 valence electrons. The van der Waals surface area contributed by atoms with E-state index >= 15 is 0 Å². The van der Waals surface area contributed by atoms with E-state index in [0.29, 0.717) is 6.42 Å². The van der Waals surface area contributed by atoms with Gasteiger partial charge in [0.15, 0.2) is 0 Å². The Balaban J connectivity index is 0.00000392. The molecule has 0 spiro atoms. The third-order valence-corrected chi connectivity index (χ3v) is 3.72. The number of nitrogens with one attached hydrogen (secondary N) is 2. The molecular formula is C19H19F2KN2O4. The van der Waals surface area contributed by atoms with E-state index in [1.807, 2.05) is 6.07 Å². The van der Waals surface area contributed by atoms with Crippen molar-refractivity contribution in [2.24, 2.45) is 0 Å². The predicted molar refractivity (Wildman–Crippen MR) is 92.3 cm³/mol. The fraction of sp³-hybridized carbons (Fsp3) is 0.263. The Bertz CT molecular complexity index is 745. The zero-order valence-electron chi connectivity index (χ0n) is 15.4. The number of alkyl halides is 2. The van der Waals surface area contributed by atoms with Crippen LogP contribution in [0.15, 0.2) is 54.6 Å². The van der Waals surface area contributed by atoms with E-state index in [1.54, 1.807) is 36.4 Å².